The maximum Gasteiger partial charge on any atom is 0.311 e. The first-order chi connectivity index (χ1) is 9.87. The Kier molecular flexibility index (Phi) is 4.90. The van der Waals surface area contributed by atoms with Crippen molar-refractivity contribution in [2.24, 2.45) is 17.3 Å². The lowest BCUT2D eigenvalue weighted by Crippen LogP contribution is -2.14. The summed E-state index contributed by atoms with van der Waals surface area (Å²) in [6, 6.07) is 11.1. The van der Waals surface area contributed by atoms with Crippen LogP contribution in [-0.4, -0.2) is 5.97 Å². The van der Waals surface area contributed by atoms with Gasteiger partial charge in [0.05, 0.1) is 9.31 Å². The Morgan fingerprint density at radius 2 is 2.00 bits per heavy atom. The van der Waals surface area contributed by atoms with E-state index in [2.05, 4.69) is 31.9 Å². The van der Waals surface area contributed by atoms with Crippen LogP contribution in [0.5, 0.6) is 0 Å². The Hall–Kier alpha value is -1.12. The summed E-state index contributed by atoms with van der Waals surface area (Å²) in [4.78, 5) is 12.3. The number of hydrogen-bond donors (Lipinski definition) is 0. The van der Waals surface area contributed by atoms with E-state index in [0.717, 1.165) is 3.39 Å². The fourth-order valence-electron chi connectivity index (χ4n) is 2.56. The Bertz CT molecular complexity index is 600. The lowest BCUT2D eigenvalue weighted by molar-refractivity contribution is -0.149. The Labute approximate surface area is 141 Å². The van der Waals surface area contributed by atoms with Crippen LogP contribution in [0, 0.1) is 28.6 Å². The number of benzene rings is 1. The van der Waals surface area contributed by atoms with Crippen molar-refractivity contribution in [1.29, 1.82) is 5.26 Å². The summed E-state index contributed by atoms with van der Waals surface area (Å²) in [5.41, 5.74) is 0.543. The van der Waals surface area contributed by atoms with E-state index in [4.69, 9.17) is 4.74 Å². The lowest BCUT2D eigenvalue weighted by atomic mass is 10.1. The monoisotopic (exact) mass is 411 g/mol. The van der Waals surface area contributed by atoms with Crippen molar-refractivity contribution in [3.8, 4) is 6.07 Å². The zero-order valence-corrected chi connectivity index (χ0v) is 14.9. The van der Waals surface area contributed by atoms with Crippen LogP contribution in [-0.2, 0) is 9.53 Å². The molecule has 110 valence electrons. The highest BCUT2D eigenvalue weighted by Crippen LogP contribution is 2.60. The molecule has 0 bridgehead atoms. The fraction of sp³-hybridized carbons (Fsp3) is 0.375. The van der Waals surface area contributed by atoms with Crippen LogP contribution in [0.1, 0.15) is 25.5 Å². The Morgan fingerprint density at radius 1 is 1.38 bits per heavy atom. The van der Waals surface area contributed by atoms with Crippen LogP contribution < -0.4 is 0 Å². The molecule has 5 heteroatoms. The number of hydrogen-bond acceptors (Lipinski definition) is 3. The molecule has 3 atom stereocenters. The number of nitriles is 1. The molecular formula is C16H15Br2NO2. The first-order valence-electron chi connectivity index (χ1n) is 6.55. The topological polar surface area (TPSA) is 50.1 Å². The van der Waals surface area contributed by atoms with Gasteiger partial charge in [-0.1, -0.05) is 50.3 Å². The Balaban J connectivity index is 2.09. The average molecular weight is 413 g/mol. The molecule has 1 aliphatic carbocycles. The van der Waals surface area contributed by atoms with Crippen molar-refractivity contribution >= 4 is 37.8 Å². The molecule has 0 aliphatic heterocycles. The lowest BCUT2D eigenvalue weighted by Gasteiger charge is -2.11. The van der Waals surface area contributed by atoms with Crippen molar-refractivity contribution in [2.75, 3.05) is 0 Å². The van der Waals surface area contributed by atoms with Gasteiger partial charge in [-0.05, 0) is 43.2 Å². The third-order valence-electron chi connectivity index (χ3n) is 3.92. The number of ether oxygens (including phenoxy) is 1. The highest BCUT2D eigenvalue weighted by molar-refractivity contribution is 9.28. The van der Waals surface area contributed by atoms with E-state index < -0.39 is 6.10 Å². The van der Waals surface area contributed by atoms with Gasteiger partial charge in [-0.3, -0.25) is 4.79 Å². The predicted octanol–water partition coefficient (Wildman–Crippen LogP) is 4.70. The molecular weight excluding hydrogens is 398 g/mol. The highest BCUT2D eigenvalue weighted by Gasteiger charge is 2.61. The summed E-state index contributed by atoms with van der Waals surface area (Å²) in [7, 11) is 0. The first-order valence-corrected chi connectivity index (χ1v) is 8.14. The maximum absolute atomic E-state index is 12.3. The van der Waals surface area contributed by atoms with E-state index in [1.807, 2.05) is 44.2 Å². The molecule has 0 aromatic heterocycles. The van der Waals surface area contributed by atoms with Crippen LogP contribution in [0.4, 0.5) is 0 Å². The number of allylic oxidation sites excluding steroid dienone is 1. The van der Waals surface area contributed by atoms with Gasteiger partial charge >= 0.3 is 5.97 Å². The second kappa shape index (κ2) is 6.33. The summed E-state index contributed by atoms with van der Waals surface area (Å²) in [5, 5.41) is 9.22. The molecule has 1 unspecified atom stereocenters. The van der Waals surface area contributed by atoms with Crippen molar-refractivity contribution in [1.82, 2.24) is 0 Å². The smallest absolute Gasteiger partial charge is 0.311 e. The number of carbonyl (C=O) groups is 1. The van der Waals surface area contributed by atoms with Crippen molar-refractivity contribution in [3.05, 3.63) is 45.4 Å². The second-order valence-corrected chi connectivity index (χ2v) is 8.41. The molecule has 2 rings (SSSR count). The van der Waals surface area contributed by atoms with Crippen LogP contribution in [0.25, 0.3) is 0 Å². The van der Waals surface area contributed by atoms with Gasteiger partial charge < -0.3 is 4.74 Å². The minimum absolute atomic E-state index is 0.105. The van der Waals surface area contributed by atoms with Crippen molar-refractivity contribution < 1.29 is 9.53 Å². The Morgan fingerprint density at radius 3 is 2.52 bits per heavy atom. The molecule has 0 radical (unpaired) electrons. The summed E-state index contributed by atoms with van der Waals surface area (Å²) in [6.07, 6.45) is 1.10. The van der Waals surface area contributed by atoms with Gasteiger partial charge in [0.15, 0.2) is 0 Å². The molecule has 0 spiro atoms. The van der Waals surface area contributed by atoms with Gasteiger partial charge in [0.1, 0.15) is 6.07 Å². The van der Waals surface area contributed by atoms with E-state index in [9.17, 15) is 10.1 Å². The summed E-state index contributed by atoms with van der Waals surface area (Å²) in [5.74, 6) is -0.436. The number of carbonyl (C=O) groups excluding carboxylic acids is 1. The van der Waals surface area contributed by atoms with Gasteiger partial charge in [0.2, 0.25) is 6.10 Å². The minimum atomic E-state index is -0.854. The predicted molar refractivity (Wildman–Crippen MR) is 87.6 cm³/mol. The van der Waals surface area contributed by atoms with Crippen molar-refractivity contribution in [3.63, 3.8) is 0 Å². The quantitative estimate of drug-likeness (QED) is 0.673. The van der Waals surface area contributed by atoms with Gasteiger partial charge in [-0.15, -0.1) is 0 Å². The minimum Gasteiger partial charge on any atom is -0.442 e. The molecule has 0 N–H and O–H groups in total. The molecule has 0 heterocycles. The first kappa shape index (κ1) is 16.3. The van der Waals surface area contributed by atoms with Crippen LogP contribution in [0.3, 0.4) is 0 Å². The van der Waals surface area contributed by atoms with E-state index in [1.165, 1.54) is 0 Å². The van der Waals surface area contributed by atoms with Crippen molar-refractivity contribution in [2.45, 2.75) is 20.0 Å². The molecule has 1 saturated carbocycles. The number of esters is 1. The number of halogens is 2. The molecule has 21 heavy (non-hydrogen) atoms. The third-order valence-corrected chi connectivity index (χ3v) is 4.45. The number of rotatable bonds is 4. The molecule has 3 nitrogen and oxygen atoms in total. The summed E-state index contributed by atoms with van der Waals surface area (Å²) < 4.78 is 6.22. The third kappa shape index (κ3) is 3.56. The highest BCUT2D eigenvalue weighted by atomic mass is 79.9. The van der Waals surface area contributed by atoms with Crippen LogP contribution in [0.15, 0.2) is 39.8 Å². The van der Waals surface area contributed by atoms with Gasteiger partial charge in [0, 0.05) is 5.56 Å². The molecule has 1 aromatic carbocycles. The molecule has 1 aromatic rings. The summed E-state index contributed by atoms with van der Waals surface area (Å²) in [6.45, 7) is 4.04. The van der Waals surface area contributed by atoms with Gasteiger partial charge in [-0.25, -0.2) is 0 Å². The fourth-order valence-corrected chi connectivity index (χ4v) is 3.13. The zero-order valence-electron chi connectivity index (χ0n) is 11.7. The number of nitrogens with zero attached hydrogens (tertiary/aromatic N) is 1. The molecule has 0 amide bonds. The molecule has 1 fully saturated rings. The van der Waals surface area contributed by atoms with Crippen LogP contribution in [0.2, 0.25) is 0 Å². The largest absolute Gasteiger partial charge is 0.442 e. The van der Waals surface area contributed by atoms with Gasteiger partial charge in [-0.2, -0.15) is 5.26 Å². The normalized spacial score (nSPS) is 23.6. The summed E-state index contributed by atoms with van der Waals surface area (Å²) >= 11 is 6.64. The maximum atomic E-state index is 12.3. The van der Waals surface area contributed by atoms with E-state index in [-0.39, 0.29) is 23.2 Å². The molecule has 0 saturated heterocycles. The second-order valence-electron chi connectivity index (χ2n) is 5.64. The van der Waals surface area contributed by atoms with Gasteiger partial charge in [0.25, 0.3) is 0 Å². The average Bonchev–Trinajstić information content (AvgIpc) is 2.97. The standard InChI is InChI=1S/C16H15Br2NO2/c1-16(2)11(8-13(17)18)14(16)15(20)21-12(9-19)10-6-4-3-5-7-10/h3-8,11-12,14H,1-2H3/t11-,12?,14+/m1/s1. The molecule has 1 aliphatic rings. The SMILES string of the molecule is CC1(C)[C@H](C=C(Br)Br)[C@H]1C(=O)OC(C#N)c1ccccc1. The van der Waals surface area contributed by atoms with Crippen LogP contribution >= 0.6 is 31.9 Å². The van der Waals surface area contributed by atoms with E-state index in [0.29, 0.717) is 5.56 Å². The zero-order chi connectivity index (χ0) is 15.6. The van der Waals surface area contributed by atoms with E-state index >= 15 is 0 Å². The van der Waals surface area contributed by atoms with E-state index in [1.54, 1.807) is 12.1 Å².